The zero-order valence-electron chi connectivity index (χ0n) is 15.1. The summed E-state index contributed by atoms with van der Waals surface area (Å²) in [6.45, 7) is 0. The van der Waals surface area contributed by atoms with Crippen LogP contribution in [0, 0.1) is 0 Å². The van der Waals surface area contributed by atoms with Gasteiger partial charge < -0.3 is 10.1 Å². The van der Waals surface area contributed by atoms with Crippen LogP contribution in [0.4, 0.5) is 11.4 Å². The van der Waals surface area contributed by atoms with E-state index in [9.17, 15) is 9.59 Å². The maximum absolute atomic E-state index is 12.7. The van der Waals surface area contributed by atoms with E-state index in [-0.39, 0.29) is 18.2 Å². The molecule has 3 rings (SSSR count). The molecule has 0 aromatic heterocycles. The fourth-order valence-electron chi connectivity index (χ4n) is 2.52. The summed E-state index contributed by atoms with van der Waals surface area (Å²) in [4.78, 5) is 31.0. The molecule has 2 aromatic rings. The lowest BCUT2D eigenvalue weighted by Gasteiger charge is -2.29. The highest BCUT2D eigenvalue weighted by Crippen LogP contribution is 2.32. The van der Waals surface area contributed by atoms with Crippen molar-refractivity contribution in [1.82, 2.24) is 4.90 Å². The third-order valence-electron chi connectivity index (χ3n) is 4.05. The van der Waals surface area contributed by atoms with Gasteiger partial charge in [-0.1, -0.05) is 47.1 Å². The van der Waals surface area contributed by atoms with E-state index in [1.54, 1.807) is 43.4 Å². The molecule has 0 radical (unpaired) electrons. The van der Waals surface area contributed by atoms with Crippen molar-refractivity contribution in [3.8, 4) is 5.75 Å². The van der Waals surface area contributed by atoms with E-state index in [1.807, 2.05) is 6.07 Å². The van der Waals surface area contributed by atoms with Crippen LogP contribution in [0.1, 0.15) is 6.42 Å². The highest BCUT2D eigenvalue weighted by Gasteiger charge is 2.34. The lowest BCUT2D eigenvalue weighted by molar-refractivity contribution is -0.128. The molecule has 1 heterocycles. The summed E-state index contributed by atoms with van der Waals surface area (Å²) < 4.78 is 5.25. The number of hydrogen-bond acceptors (Lipinski definition) is 5. The zero-order chi connectivity index (χ0) is 20.3. The van der Waals surface area contributed by atoms with Crippen molar-refractivity contribution in [3.63, 3.8) is 0 Å². The van der Waals surface area contributed by atoms with Gasteiger partial charge in [0.15, 0.2) is 5.17 Å². The number of methoxy groups -OCH3 is 1. The van der Waals surface area contributed by atoms with E-state index in [1.165, 1.54) is 23.8 Å². The van der Waals surface area contributed by atoms with Gasteiger partial charge in [0.1, 0.15) is 11.0 Å². The zero-order valence-corrected chi connectivity index (χ0v) is 17.4. The molecular formula is C19H17Cl2N3O3S. The van der Waals surface area contributed by atoms with Gasteiger partial charge >= 0.3 is 0 Å². The molecule has 1 aliphatic heterocycles. The van der Waals surface area contributed by atoms with Crippen LogP contribution in [0.15, 0.2) is 47.5 Å². The Hall–Kier alpha value is -2.22. The van der Waals surface area contributed by atoms with Gasteiger partial charge in [-0.05, 0) is 30.3 Å². The van der Waals surface area contributed by atoms with Gasteiger partial charge in [-0.25, -0.2) is 4.99 Å². The Morgan fingerprint density at radius 3 is 2.71 bits per heavy atom. The number of ether oxygens (including phenoxy) is 1. The van der Waals surface area contributed by atoms with Crippen LogP contribution in [0.5, 0.6) is 5.75 Å². The molecule has 28 heavy (non-hydrogen) atoms. The van der Waals surface area contributed by atoms with Crippen molar-refractivity contribution < 1.29 is 14.3 Å². The highest BCUT2D eigenvalue weighted by molar-refractivity contribution is 8.15. The number of thioether (sulfide) groups is 1. The Kier molecular flexibility index (Phi) is 6.49. The Labute approximate surface area is 176 Å². The number of carbonyl (C=O) groups excluding carboxylic acids is 2. The average molecular weight is 438 g/mol. The molecule has 1 atom stereocenters. The summed E-state index contributed by atoms with van der Waals surface area (Å²) >= 11 is 13.2. The normalized spacial score (nSPS) is 18.3. The number of nitrogens with one attached hydrogen (secondary N) is 1. The maximum Gasteiger partial charge on any atom is 0.238 e. The molecule has 9 heteroatoms. The predicted octanol–water partition coefficient (Wildman–Crippen LogP) is 4.59. The van der Waals surface area contributed by atoms with E-state index >= 15 is 0 Å². The van der Waals surface area contributed by atoms with Crippen molar-refractivity contribution in [2.24, 2.45) is 4.99 Å². The number of rotatable bonds is 4. The minimum atomic E-state index is -0.616. The fraction of sp³-hybridized carbons (Fsp3) is 0.211. The van der Waals surface area contributed by atoms with Gasteiger partial charge in [-0.2, -0.15) is 0 Å². The van der Waals surface area contributed by atoms with Crippen molar-refractivity contribution in [3.05, 3.63) is 52.5 Å². The fourth-order valence-corrected chi connectivity index (χ4v) is 3.88. The van der Waals surface area contributed by atoms with E-state index < -0.39 is 5.25 Å². The Bertz CT molecular complexity index is 952. The Morgan fingerprint density at radius 1 is 1.25 bits per heavy atom. The number of hydrogen-bond donors (Lipinski definition) is 1. The monoisotopic (exact) mass is 437 g/mol. The smallest absolute Gasteiger partial charge is 0.238 e. The summed E-state index contributed by atoms with van der Waals surface area (Å²) in [7, 11) is 3.15. The number of amidine groups is 1. The third-order valence-corrected chi connectivity index (χ3v) is 6.03. The minimum Gasteiger partial charge on any atom is -0.495 e. The number of amides is 2. The first-order chi connectivity index (χ1) is 13.4. The molecule has 1 N–H and O–H groups in total. The molecule has 1 saturated heterocycles. The summed E-state index contributed by atoms with van der Waals surface area (Å²) in [5, 5.41) is 3.40. The van der Waals surface area contributed by atoms with Gasteiger partial charge in [0.05, 0.1) is 28.5 Å². The molecule has 0 spiro atoms. The van der Waals surface area contributed by atoms with E-state index in [0.717, 1.165) is 0 Å². The molecule has 1 fully saturated rings. The topological polar surface area (TPSA) is 71.0 Å². The van der Waals surface area contributed by atoms with Crippen molar-refractivity contribution >= 4 is 63.3 Å². The SMILES string of the molecule is COc1ccccc1NC(=O)C1CC(=O)N(C)C(=Nc2ccc(Cl)c(Cl)c2)S1. The van der Waals surface area contributed by atoms with Crippen LogP contribution in [-0.4, -0.2) is 41.3 Å². The van der Waals surface area contributed by atoms with Crippen LogP contribution in [0.3, 0.4) is 0 Å². The molecule has 2 aromatic carbocycles. The second-order valence-corrected chi connectivity index (χ2v) is 7.93. The van der Waals surface area contributed by atoms with E-state index in [2.05, 4.69) is 10.3 Å². The third kappa shape index (κ3) is 4.60. The second kappa shape index (κ2) is 8.86. The first-order valence-electron chi connectivity index (χ1n) is 8.30. The van der Waals surface area contributed by atoms with E-state index in [4.69, 9.17) is 27.9 Å². The molecule has 0 bridgehead atoms. The largest absolute Gasteiger partial charge is 0.495 e. The lowest BCUT2D eigenvalue weighted by atomic mass is 10.2. The molecule has 0 saturated carbocycles. The van der Waals surface area contributed by atoms with Crippen molar-refractivity contribution in [1.29, 1.82) is 0 Å². The maximum atomic E-state index is 12.7. The van der Waals surface area contributed by atoms with Crippen LogP contribution in [-0.2, 0) is 9.59 Å². The van der Waals surface area contributed by atoms with Crippen LogP contribution < -0.4 is 10.1 Å². The van der Waals surface area contributed by atoms with Gasteiger partial charge in [0, 0.05) is 13.5 Å². The number of halogens is 2. The quantitative estimate of drug-likeness (QED) is 0.758. The number of para-hydroxylation sites is 2. The van der Waals surface area contributed by atoms with Gasteiger partial charge in [0.25, 0.3) is 0 Å². The number of benzene rings is 2. The summed E-state index contributed by atoms with van der Waals surface area (Å²) in [6.07, 6.45) is 0.0720. The molecule has 146 valence electrons. The van der Waals surface area contributed by atoms with Gasteiger partial charge in [-0.3, -0.25) is 14.5 Å². The second-order valence-electron chi connectivity index (χ2n) is 5.95. The first-order valence-corrected chi connectivity index (χ1v) is 9.93. The summed E-state index contributed by atoms with van der Waals surface area (Å²) in [5.74, 6) is 0.0559. The standard InChI is InChI=1S/C19H17Cl2N3O3S/c1-24-17(25)10-16(18(26)23-14-5-3-4-6-15(14)27-2)28-19(24)22-11-7-8-12(20)13(21)9-11/h3-9,16H,10H2,1-2H3,(H,23,26). The molecule has 2 amide bonds. The molecule has 0 aliphatic carbocycles. The lowest BCUT2D eigenvalue weighted by Crippen LogP contribution is -2.43. The minimum absolute atomic E-state index is 0.0720. The van der Waals surface area contributed by atoms with Crippen LogP contribution in [0.25, 0.3) is 0 Å². The van der Waals surface area contributed by atoms with Gasteiger partial charge in [-0.15, -0.1) is 0 Å². The Balaban J connectivity index is 1.81. The predicted molar refractivity (Wildman–Crippen MR) is 114 cm³/mol. The highest BCUT2D eigenvalue weighted by atomic mass is 35.5. The van der Waals surface area contributed by atoms with Crippen LogP contribution in [0.2, 0.25) is 10.0 Å². The molecule has 1 unspecified atom stereocenters. The first kappa shape index (κ1) is 20.5. The van der Waals surface area contributed by atoms with Crippen LogP contribution >= 0.6 is 35.0 Å². The summed E-state index contributed by atoms with van der Waals surface area (Å²) in [5.41, 5.74) is 1.09. The molecular weight excluding hydrogens is 421 g/mol. The number of nitrogens with zero attached hydrogens (tertiary/aromatic N) is 2. The molecule has 6 nitrogen and oxygen atoms in total. The molecule has 1 aliphatic rings. The van der Waals surface area contributed by atoms with E-state index in [0.29, 0.717) is 32.3 Å². The van der Waals surface area contributed by atoms with Crippen molar-refractivity contribution in [2.45, 2.75) is 11.7 Å². The number of carbonyl (C=O) groups is 2. The van der Waals surface area contributed by atoms with Crippen molar-refractivity contribution in [2.75, 3.05) is 19.5 Å². The number of aliphatic imine (C=N–C) groups is 1. The summed E-state index contributed by atoms with van der Waals surface area (Å²) in [6, 6.07) is 12.0. The number of anilines is 1. The Morgan fingerprint density at radius 2 is 2.00 bits per heavy atom. The van der Waals surface area contributed by atoms with Gasteiger partial charge in [0.2, 0.25) is 11.8 Å². The average Bonchev–Trinajstić information content (AvgIpc) is 2.68.